The molecule has 0 saturated heterocycles. The van der Waals surface area contributed by atoms with Crippen LogP contribution in [0.25, 0.3) is 0 Å². The van der Waals surface area contributed by atoms with E-state index in [-0.39, 0.29) is 0 Å². The Kier molecular flexibility index (Phi) is 3.77. The fraction of sp³-hybridized carbons (Fsp3) is 0.692. The SMILES string of the molecule is CC.CC1=C(C)CCC(C2CC2)=C1. The molecule has 2 rings (SSSR count). The van der Waals surface area contributed by atoms with Gasteiger partial charge in [-0.1, -0.05) is 36.6 Å². The zero-order chi connectivity index (χ0) is 9.84. The van der Waals surface area contributed by atoms with Gasteiger partial charge in [0.25, 0.3) is 0 Å². The number of allylic oxidation sites excluding steroid dienone is 4. The Balaban J connectivity index is 0.000000396. The van der Waals surface area contributed by atoms with Crippen LogP contribution in [0.15, 0.2) is 22.8 Å². The van der Waals surface area contributed by atoms with E-state index in [1.54, 1.807) is 11.1 Å². The zero-order valence-electron chi connectivity index (χ0n) is 9.48. The maximum atomic E-state index is 2.43. The van der Waals surface area contributed by atoms with Gasteiger partial charge in [0.2, 0.25) is 0 Å². The molecule has 1 fully saturated rings. The van der Waals surface area contributed by atoms with Crippen LogP contribution in [0.1, 0.15) is 53.4 Å². The van der Waals surface area contributed by atoms with Crippen molar-refractivity contribution in [1.82, 2.24) is 0 Å². The highest BCUT2D eigenvalue weighted by atomic mass is 14.3. The minimum Gasteiger partial charge on any atom is -0.0701 e. The molecule has 1 saturated carbocycles. The standard InChI is InChI=1S/C11H16.C2H6/c1-8-3-4-11(7-9(8)2)10-5-6-10;1-2/h7,10H,3-6H2,1-2H3;1-2H3. The molecule has 0 bridgehead atoms. The summed E-state index contributed by atoms with van der Waals surface area (Å²) in [6, 6.07) is 0. The predicted octanol–water partition coefficient (Wildman–Crippen LogP) is 4.48. The van der Waals surface area contributed by atoms with Gasteiger partial charge in [-0.15, -0.1) is 0 Å². The van der Waals surface area contributed by atoms with Gasteiger partial charge in [-0.3, -0.25) is 0 Å². The van der Waals surface area contributed by atoms with E-state index in [0.717, 1.165) is 5.92 Å². The minimum absolute atomic E-state index is 0.984. The van der Waals surface area contributed by atoms with Crippen molar-refractivity contribution in [2.75, 3.05) is 0 Å². The molecule has 0 heterocycles. The van der Waals surface area contributed by atoms with Gasteiger partial charge in [-0.05, 0) is 45.4 Å². The van der Waals surface area contributed by atoms with E-state index in [2.05, 4.69) is 19.9 Å². The topological polar surface area (TPSA) is 0 Å². The molecule has 74 valence electrons. The highest BCUT2D eigenvalue weighted by Gasteiger charge is 2.26. The van der Waals surface area contributed by atoms with Gasteiger partial charge in [0.05, 0.1) is 0 Å². The van der Waals surface area contributed by atoms with Crippen LogP contribution in [0.3, 0.4) is 0 Å². The largest absolute Gasteiger partial charge is 0.0701 e. The van der Waals surface area contributed by atoms with Crippen LogP contribution in [0, 0.1) is 5.92 Å². The van der Waals surface area contributed by atoms with Crippen molar-refractivity contribution in [2.45, 2.75) is 53.4 Å². The summed E-state index contributed by atoms with van der Waals surface area (Å²) in [5.41, 5.74) is 4.85. The highest BCUT2D eigenvalue weighted by Crippen LogP contribution is 2.41. The lowest BCUT2D eigenvalue weighted by Crippen LogP contribution is -1.96. The molecule has 0 aromatic rings. The Morgan fingerprint density at radius 1 is 1.08 bits per heavy atom. The van der Waals surface area contributed by atoms with Crippen LogP contribution in [-0.4, -0.2) is 0 Å². The molecule has 0 aliphatic heterocycles. The Morgan fingerprint density at radius 2 is 1.69 bits per heavy atom. The van der Waals surface area contributed by atoms with E-state index in [9.17, 15) is 0 Å². The second-order valence-electron chi connectivity index (χ2n) is 3.96. The second-order valence-corrected chi connectivity index (χ2v) is 3.96. The highest BCUT2D eigenvalue weighted by molar-refractivity contribution is 5.33. The maximum Gasteiger partial charge on any atom is -0.0199 e. The van der Waals surface area contributed by atoms with Crippen molar-refractivity contribution in [3.05, 3.63) is 22.8 Å². The van der Waals surface area contributed by atoms with Crippen LogP contribution in [-0.2, 0) is 0 Å². The molecular formula is C13H22. The predicted molar refractivity (Wildman–Crippen MR) is 59.8 cm³/mol. The number of hydrogen-bond acceptors (Lipinski definition) is 0. The first kappa shape index (κ1) is 10.6. The fourth-order valence-electron chi connectivity index (χ4n) is 1.78. The Morgan fingerprint density at radius 3 is 2.15 bits per heavy atom. The van der Waals surface area contributed by atoms with E-state index < -0.39 is 0 Å². The summed E-state index contributed by atoms with van der Waals surface area (Å²) in [7, 11) is 0. The second kappa shape index (κ2) is 4.64. The molecule has 2 aliphatic rings. The molecule has 2 aliphatic carbocycles. The molecular weight excluding hydrogens is 156 g/mol. The van der Waals surface area contributed by atoms with Gasteiger partial charge >= 0.3 is 0 Å². The number of hydrogen-bond donors (Lipinski definition) is 0. The van der Waals surface area contributed by atoms with Crippen molar-refractivity contribution in [1.29, 1.82) is 0 Å². The average molecular weight is 178 g/mol. The average Bonchev–Trinajstić information content (AvgIpc) is 2.96. The third-order valence-electron chi connectivity index (χ3n) is 2.97. The van der Waals surface area contributed by atoms with E-state index in [4.69, 9.17) is 0 Å². The molecule has 0 spiro atoms. The van der Waals surface area contributed by atoms with Crippen LogP contribution in [0.2, 0.25) is 0 Å². The zero-order valence-corrected chi connectivity index (χ0v) is 9.48. The molecule has 0 heteroatoms. The summed E-state index contributed by atoms with van der Waals surface area (Å²) in [5.74, 6) is 0.984. The molecule has 13 heavy (non-hydrogen) atoms. The Bertz CT molecular complexity index is 226. The first-order chi connectivity index (χ1) is 6.27. The van der Waals surface area contributed by atoms with E-state index in [0.29, 0.717) is 0 Å². The van der Waals surface area contributed by atoms with Gasteiger partial charge in [0.15, 0.2) is 0 Å². The quantitative estimate of drug-likeness (QED) is 0.555. The molecule has 0 N–H and O–H groups in total. The smallest absolute Gasteiger partial charge is 0.0199 e. The molecule has 0 nitrogen and oxygen atoms in total. The lowest BCUT2D eigenvalue weighted by atomic mass is 9.92. The van der Waals surface area contributed by atoms with E-state index in [1.807, 2.05) is 13.8 Å². The first-order valence-electron chi connectivity index (χ1n) is 5.64. The molecule has 0 unspecified atom stereocenters. The normalized spacial score (nSPS) is 22.0. The molecule has 0 amide bonds. The van der Waals surface area contributed by atoms with Gasteiger partial charge in [0, 0.05) is 0 Å². The minimum atomic E-state index is 0.984. The summed E-state index contributed by atoms with van der Waals surface area (Å²) in [4.78, 5) is 0. The van der Waals surface area contributed by atoms with Crippen LogP contribution in [0.5, 0.6) is 0 Å². The van der Waals surface area contributed by atoms with Crippen molar-refractivity contribution < 1.29 is 0 Å². The first-order valence-corrected chi connectivity index (χ1v) is 5.64. The van der Waals surface area contributed by atoms with Gasteiger partial charge < -0.3 is 0 Å². The van der Waals surface area contributed by atoms with Gasteiger partial charge in [-0.25, -0.2) is 0 Å². The fourth-order valence-corrected chi connectivity index (χ4v) is 1.78. The monoisotopic (exact) mass is 178 g/mol. The summed E-state index contributed by atoms with van der Waals surface area (Å²) in [6.45, 7) is 8.51. The van der Waals surface area contributed by atoms with Crippen molar-refractivity contribution >= 4 is 0 Å². The Hall–Kier alpha value is -0.520. The third-order valence-corrected chi connectivity index (χ3v) is 2.97. The van der Waals surface area contributed by atoms with Crippen molar-refractivity contribution in [3.63, 3.8) is 0 Å². The third kappa shape index (κ3) is 2.72. The summed E-state index contributed by atoms with van der Waals surface area (Å²) in [5, 5.41) is 0. The molecule has 0 radical (unpaired) electrons. The number of rotatable bonds is 1. The summed E-state index contributed by atoms with van der Waals surface area (Å²) >= 11 is 0. The van der Waals surface area contributed by atoms with Gasteiger partial charge in [0.1, 0.15) is 0 Å². The van der Waals surface area contributed by atoms with Gasteiger partial charge in [-0.2, -0.15) is 0 Å². The Labute approximate surface area is 82.7 Å². The lowest BCUT2D eigenvalue weighted by molar-refractivity contribution is 0.809. The summed E-state index contributed by atoms with van der Waals surface area (Å²) in [6.07, 6.45) is 7.99. The summed E-state index contributed by atoms with van der Waals surface area (Å²) < 4.78 is 0. The van der Waals surface area contributed by atoms with Crippen molar-refractivity contribution in [3.8, 4) is 0 Å². The van der Waals surface area contributed by atoms with Crippen molar-refractivity contribution in [2.24, 2.45) is 5.92 Å². The van der Waals surface area contributed by atoms with Crippen LogP contribution < -0.4 is 0 Å². The van der Waals surface area contributed by atoms with Crippen LogP contribution in [0.4, 0.5) is 0 Å². The lowest BCUT2D eigenvalue weighted by Gasteiger charge is -2.14. The molecule has 0 atom stereocenters. The molecule has 0 aromatic heterocycles. The maximum absolute atomic E-state index is 2.43. The molecule has 0 aromatic carbocycles. The van der Waals surface area contributed by atoms with E-state index in [1.165, 1.54) is 31.3 Å². The van der Waals surface area contributed by atoms with Crippen LogP contribution >= 0.6 is 0 Å². The van der Waals surface area contributed by atoms with E-state index >= 15 is 0 Å².